The van der Waals surface area contributed by atoms with Crippen molar-refractivity contribution in [2.45, 2.75) is 51.4 Å². The fourth-order valence-corrected chi connectivity index (χ4v) is 3.74. The van der Waals surface area contributed by atoms with Crippen molar-refractivity contribution in [3.63, 3.8) is 0 Å². The van der Waals surface area contributed by atoms with Gasteiger partial charge in [-0.15, -0.1) is 0 Å². The van der Waals surface area contributed by atoms with Crippen LogP contribution < -0.4 is 0 Å². The Balaban J connectivity index is 1.42. The van der Waals surface area contributed by atoms with Gasteiger partial charge in [-0.05, 0) is 36.6 Å². The van der Waals surface area contributed by atoms with Crippen LogP contribution in [-0.4, -0.2) is 39.1 Å². The van der Waals surface area contributed by atoms with E-state index in [1.165, 1.54) is 12.1 Å². The van der Waals surface area contributed by atoms with Crippen molar-refractivity contribution in [3.05, 3.63) is 70.9 Å². The molecule has 1 saturated heterocycles. The van der Waals surface area contributed by atoms with E-state index in [-0.39, 0.29) is 23.1 Å². The third kappa shape index (κ3) is 4.45. The maximum atomic E-state index is 13.1. The summed E-state index contributed by atoms with van der Waals surface area (Å²) in [6.07, 6.45) is 4.10. The van der Waals surface area contributed by atoms with Crippen LogP contribution in [-0.2, 0) is 11.8 Å². The molecule has 0 radical (unpaired) electrons. The Hall–Kier alpha value is -2.96. The number of carbonyl (C=O) groups excluding carboxylic acids is 1. The molecule has 1 aliphatic heterocycles. The summed E-state index contributed by atoms with van der Waals surface area (Å²) in [6, 6.07) is 8.22. The number of hydrogen-bond donors (Lipinski definition) is 1. The Bertz CT molecular complexity index is 1020. The highest BCUT2D eigenvalue weighted by atomic mass is 19.1. The standard InChI is InChI=1S/C23H27FN4O2/c1-23(2,3)20-12-19(26-27-20)22(29)28-10-4-5-16(14-28)21-25-13-18(30-21)11-15-6-8-17(24)9-7-15/h6-9,12-13,16H,4-5,10-11,14H2,1-3H3,(H,26,27). The number of aromatic nitrogens is 3. The molecule has 1 N–H and O–H groups in total. The van der Waals surface area contributed by atoms with E-state index >= 15 is 0 Å². The molecule has 1 amide bonds. The first-order chi connectivity index (χ1) is 14.3. The SMILES string of the molecule is CC(C)(C)c1cc(C(=O)N2CCCC(c3ncc(Cc4ccc(F)cc4)o3)C2)n[nH]1. The molecular formula is C23H27FN4O2. The van der Waals surface area contributed by atoms with Crippen LogP contribution in [0.3, 0.4) is 0 Å². The summed E-state index contributed by atoms with van der Waals surface area (Å²) < 4.78 is 19.1. The quantitative estimate of drug-likeness (QED) is 0.690. The van der Waals surface area contributed by atoms with E-state index in [0.29, 0.717) is 31.1 Å². The molecule has 3 heterocycles. The zero-order chi connectivity index (χ0) is 21.3. The number of amides is 1. The van der Waals surface area contributed by atoms with Crippen molar-refractivity contribution < 1.29 is 13.6 Å². The Kier molecular flexibility index (Phi) is 5.45. The highest BCUT2D eigenvalue weighted by Crippen LogP contribution is 2.28. The van der Waals surface area contributed by atoms with Crippen LogP contribution in [0.2, 0.25) is 0 Å². The number of carbonyl (C=O) groups is 1. The lowest BCUT2D eigenvalue weighted by Gasteiger charge is -2.30. The number of H-pyrrole nitrogens is 1. The van der Waals surface area contributed by atoms with E-state index in [2.05, 4.69) is 36.0 Å². The first-order valence-electron chi connectivity index (χ1n) is 10.3. The summed E-state index contributed by atoms with van der Waals surface area (Å²) in [5.74, 6) is 1.13. The summed E-state index contributed by atoms with van der Waals surface area (Å²) >= 11 is 0. The second kappa shape index (κ2) is 8.05. The lowest BCUT2D eigenvalue weighted by Crippen LogP contribution is -2.39. The van der Waals surface area contributed by atoms with Gasteiger partial charge in [-0.3, -0.25) is 9.89 Å². The second-order valence-corrected chi connectivity index (χ2v) is 8.98. The van der Waals surface area contributed by atoms with Crippen molar-refractivity contribution in [2.75, 3.05) is 13.1 Å². The number of nitrogens with zero attached hydrogens (tertiary/aromatic N) is 3. The zero-order valence-electron chi connectivity index (χ0n) is 17.6. The fraction of sp³-hybridized carbons (Fsp3) is 0.435. The van der Waals surface area contributed by atoms with Crippen LogP contribution in [0.4, 0.5) is 4.39 Å². The maximum absolute atomic E-state index is 13.1. The van der Waals surface area contributed by atoms with Gasteiger partial charge in [0.25, 0.3) is 5.91 Å². The summed E-state index contributed by atoms with van der Waals surface area (Å²) in [7, 11) is 0. The highest BCUT2D eigenvalue weighted by molar-refractivity contribution is 5.92. The molecule has 0 saturated carbocycles. The minimum absolute atomic E-state index is 0.0608. The number of oxazole rings is 1. The lowest BCUT2D eigenvalue weighted by molar-refractivity contribution is 0.0692. The predicted octanol–water partition coefficient (Wildman–Crippen LogP) is 4.44. The summed E-state index contributed by atoms with van der Waals surface area (Å²) in [5.41, 5.74) is 2.27. The smallest absolute Gasteiger partial charge is 0.274 e. The molecule has 2 aromatic heterocycles. The molecular weight excluding hydrogens is 383 g/mol. The maximum Gasteiger partial charge on any atom is 0.274 e. The topological polar surface area (TPSA) is 75.0 Å². The molecule has 1 aliphatic rings. The molecule has 3 aromatic rings. The van der Waals surface area contributed by atoms with Gasteiger partial charge in [0.2, 0.25) is 0 Å². The van der Waals surface area contributed by atoms with Gasteiger partial charge in [-0.25, -0.2) is 9.37 Å². The van der Waals surface area contributed by atoms with Gasteiger partial charge >= 0.3 is 0 Å². The monoisotopic (exact) mass is 410 g/mol. The predicted molar refractivity (Wildman–Crippen MR) is 111 cm³/mol. The van der Waals surface area contributed by atoms with Crippen LogP contribution in [0.1, 0.15) is 72.9 Å². The first-order valence-corrected chi connectivity index (χ1v) is 10.3. The molecule has 4 rings (SSSR count). The number of likely N-dealkylation sites (tertiary alicyclic amines) is 1. The van der Waals surface area contributed by atoms with Gasteiger partial charge in [0.15, 0.2) is 5.89 Å². The molecule has 7 heteroatoms. The van der Waals surface area contributed by atoms with Gasteiger partial charge in [-0.2, -0.15) is 5.10 Å². The summed E-state index contributed by atoms with van der Waals surface area (Å²) in [5, 5.41) is 7.22. The normalized spacial score (nSPS) is 17.3. The van der Waals surface area contributed by atoms with Crippen molar-refractivity contribution >= 4 is 5.91 Å². The largest absolute Gasteiger partial charge is 0.445 e. The minimum atomic E-state index is -0.254. The molecule has 6 nitrogen and oxygen atoms in total. The highest BCUT2D eigenvalue weighted by Gasteiger charge is 2.30. The number of halogens is 1. The van der Waals surface area contributed by atoms with Crippen molar-refractivity contribution in [1.29, 1.82) is 0 Å². The number of nitrogens with one attached hydrogen (secondary N) is 1. The van der Waals surface area contributed by atoms with E-state index < -0.39 is 0 Å². The van der Waals surface area contributed by atoms with E-state index in [4.69, 9.17) is 4.42 Å². The molecule has 158 valence electrons. The minimum Gasteiger partial charge on any atom is -0.445 e. The van der Waals surface area contributed by atoms with Gasteiger partial charge in [0, 0.05) is 30.6 Å². The molecule has 0 aliphatic carbocycles. The van der Waals surface area contributed by atoms with Gasteiger partial charge < -0.3 is 9.32 Å². The number of piperidine rings is 1. The van der Waals surface area contributed by atoms with Crippen molar-refractivity contribution in [3.8, 4) is 0 Å². The van der Waals surface area contributed by atoms with Gasteiger partial charge in [0.05, 0.1) is 12.1 Å². The van der Waals surface area contributed by atoms with Crippen molar-refractivity contribution in [1.82, 2.24) is 20.1 Å². The Morgan fingerprint density at radius 1 is 1.30 bits per heavy atom. The lowest BCUT2D eigenvalue weighted by atomic mass is 9.92. The van der Waals surface area contributed by atoms with Crippen LogP contribution in [0.15, 0.2) is 40.9 Å². The molecule has 1 aromatic carbocycles. The number of aromatic amines is 1. The Morgan fingerprint density at radius 2 is 2.07 bits per heavy atom. The van der Waals surface area contributed by atoms with E-state index in [0.717, 1.165) is 29.9 Å². The Labute approximate surface area is 175 Å². The molecule has 30 heavy (non-hydrogen) atoms. The molecule has 1 atom stereocenters. The third-order valence-corrected chi connectivity index (χ3v) is 5.53. The van der Waals surface area contributed by atoms with Crippen molar-refractivity contribution in [2.24, 2.45) is 0 Å². The first kappa shape index (κ1) is 20.3. The molecule has 0 spiro atoms. The number of benzene rings is 1. The van der Waals surface area contributed by atoms with E-state index in [1.807, 2.05) is 11.0 Å². The molecule has 0 bridgehead atoms. The zero-order valence-corrected chi connectivity index (χ0v) is 17.6. The van der Waals surface area contributed by atoms with Gasteiger partial charge in [-0.1, -0.05) is 32.9 Å². The second-order valence-electron chi connectivity index (χ2n) is 8.98. The van der Waals surface area contributed by atoms with Crippen LogP contribution in [0.25, 0.3) is 0 Å². The van der Waals surface area contributed by atoms with E-state index in [1.54, 1.807) is 18.3 Å². The Morgan fingerprint density at radius 3 is 2.77 bits per heavy atom. The van der Waals surface area contributed by atoms with E-state index in [9.17, 15) is 9.18 Å². The van der Waals surface area contributed by atoms with Crippen LogP contribution in [0, 0.1) is 5.82 Å². The van der Waals surface area contributed by atoms with Crippen LogP contribution in [0.5, 0.6) is 0 Å². The van der Waals surface area contributed by atoms with Gasteiger partial charge in [0.1, 0.15) is 17.3 Å². The molecule has 1 unspecified atom stereocenters. The van der Waals surface area contributed by atoms with Crippen LogP contribution >= 0.6 is 0 Å². The summed E-state index contributed by atoms with van der Waals surface area (Å²) in [6.45, 7) is 7.51. The fourth-order valence-electron chi connectivity index (χ4n) is 3.74. The average Bonchev–Trinajstić information content (AvgIpc) is 3.39. The third-order valence-electron chi connectivity index (χ3n) is 5.53. The number of rotatable bonds is 4. The average molecular weight is 410 g/mol. The molecule has 1 fully saturated rings. The summed E-state index contributed by atoms with van der Waals surface area (Å²) in [4.78, 5) is 19.2. The number of hydrogen-bond acceptors (Lipinski definition) is 4.